The van der Waals surface area contributed by atoms with Crippen LogP contribution in [-0.4, -0.2) is 42.5 Å². The van der Waals surface area contributed by atoms with Crippen molar-refractivity contribution in [1.82, 2.24) is 10.2 Å². The fourth-order valence-corrected chi connectivity index (χ4v) is 1.33. The molecule has 2 amide bonds. The highest BCUT2D eigenvalue weighted by molar-refractivity contribution is 7.18. The van der Waals surface area contributed by atoms with Crippen molar-refractivity contribution in [1.29, 1.82) is 0 Å². The van der Waals surface area contributed by atoms with E-state index in [1.165, 1.54) is 4.90 Å². The average molecular weight is 174 g/mol. The minimum Gasteiger partial charge on any atom is -0.335 e. The van der Waals surface area contributed by atoms with E-state index < -0.39 is 0 Å². The molecule has 2 atom stereocenters. The molecule has 0 spiro atoms. The number of nitrogens with zero attached hydrogens (tertiary/aromatic N) is 1. The van der Waals surface area contributed by atoms with Crippen LogP contribution in [0.5, 0.6) is 0 Å². The molecule has 1 heterocycles. The van der Waals surface area contributed by atoms with E-state index in [1.54, 1.807) is 7.05 Å². The Morgan fingerprint density at radius 1 is 1.91 bits per heavy atom. The predicted molar refractivity (Wildman–Crippen MR) is 44.5 cm³/mol. The fourth-order valence-electron chi connectivity index (χ4n) is 1.05. The van der Waals surface area contributed by atoms with E-state index in [1.807, 2.05) is 0 Å². The van der Waals surface area contributed by atoms with Gasteiger partial charge in [-0.3, -0.25) is 4.79 Å². The molecule has 1 aliphatic rings. The van der Waals surface area contributed by atoms with E-state index in [2.05, 4.69) is 14.6 Å². The number of hydrogen-bond donors (Lipinski definition) is 1. The van der Waals surface area contributed by atoms with Gasteiger partial charge in [0, 0.05) is 19.8 Å². The van der Waals surface area contributed by atoms with Gasteiger partial charge in [-0.05, 0) is 0 Å². The van der Waals surface area contributed by atoms with E-state index in [-0.39, 0.29) is 17.9 Å². The van der Waals surface area contributed by atoms with Gasteiger partial charge in [0.25, 0.3) is 0 Å². The number of carbonyl (C=O) groups excluding carboxylic acids is 2. The first-order valence-electron chi connectivity index (χ1n) is 3.40. The number of nitrogens with one attached hydrogen (secondary N) is 1. The SMILES string of the molecule is CN1C(=O)NC[C@H]1C(=O)CP. The van der Waals surface area contributed by atoms with Crippen molar-refractivity contribution in [2.24, 2.45) is 0 Å². The third kappa shape index (κ3) is 1.51. The summed E-state index contributed by atoms with van der Waals surface area (Å²) in [4.78, 5) is 23.4. The normalized spacial score (nSPS) is 23.6. The van der Waals surface area contributed by atoms with Crippen molar-refractivity contribution in [3.8, 4) is 0 Å². The summed E-state index contributed by atoms with van der Waals surface area (Å²) in [7, 11) is 3.99. The van der Waals surface area contributed by atoms with Crippen molar-refractivity contribution >= 4 is 21.1 Å². The smallest absolute Gasteiger partial charge is 0.317 e. The van der Waals surface area contributed by atoms with Gasteiger partial charge >= 0.3 is 6.03 Å². The lowest BCUT2D eigenvalue weighted by Crippen LogP contribution is -2.37. The zero-order chi connectivity index (χ0) is 8.43. The van der Waals surface area contributed by atoms with Crippen molar-refractivity contribution in [2.45, 2.75) is 6.04 Å². The van der Waals surface area contributed by atoms with Crippen LogP contribution in [0.2, 0.25) is 0 Å². The van der Waals surface area contributed by atoms with E-state index >= 15 is 0 Å². The molecule has 62 valence electrons. The summed E-state index contributed by atoms with van der Waals surface area (Å²) in [5.41, 5.74) is 0. The topological polar surface area (TPSA) is 49.4 Å². The monoisotopic (exact) mass is 174 g/mol. The zero-order valence-corrected chi connectivity index (χ0v) is 7.49. The van der Waals surface area contributed by atoms with Gasteiger partial charge in [0.2, 0.25) is 0 Å². The van der Waals surface area contributed by atoms with Gasteiger partial charge in [-0.15, -0.1) is 9.24 Å². The second-order valence-corrected chi connectivity index (χ2v) is 2.89. The van der Waals surface area contributed by atoms with E-state index in [9.17, 15) is 9.59 Å². The summed E-state index contributed by atoms with van der Waals surface area (Å²) in [5.74, 6) is 0.0795. The molecule has 1 rings (SSSR count). The lowest BCUT2D eigenvalue weighted by Gasteiger charge is -2.14. The Labute approximate surface area is 67.5 Å². The number of Topliss-reactive ketones (excluding diaryl/α,β-unsaturated/α-hetero) is 1. The molecule has 4 nitrogen and oxygen atoms in total. The minimum absolute atomic E-state index is 0.0795. The molecular weight excluding hydrogens is 163 g/mol. The number of hydrogen-bond acceptors (Lipinski definition) is 2. The first kappa shape index (κ1) is 8.47. The van der Waals surface area contributed by atoms with Crippen LogP contribution in [0.3, 0.4) is 0 Å². The molecule has 0 bridgehead atoms. The molecule has 1 aliphatic heterocycles. The van der Waals surface area contributed by atoms with Gasteiger partial charge in [-0.25, -0.2) is 4.79 Å². The number of carbonyl (C=O) groups is 2. The molecule has 0 saturated carbocycles. The maximum Gasteiger partial charge on any atom is 0.317 e. The highest BCUT2D eigenvalue weighted by atomic mass is 31.0. The molecule has 5 heteroatoms. The van der Waals surface area contributed by atoms with Gasteiger partial charge < -0.3 is 10.2 Å². The molecule has 0 aliphatic carbocycles. The van der Waals surface area contributed by atoms with Crippen LogP contribution in [0.1, 0.15) is 0 Å². The lowest BCUT2D eigenvalue weighted by molar-refractivity contribution is -0.119. The highest BCUT2D eigenvalue weighted by Crippen LogP contribution is 2.05. The molecular formula is C6H11N2O2P. The van der Waals surface area contributed by atoms with Crippen LogP contribution in [0.4, 0.5) is 4.79 Å². The van der Waals surface area contributed by atoms with Gasteiger partial charge in [-0.2, -0.15) is 0 Å². The Hall–Kier alpha value is -0.630. The molecule has 1 fully saturated rings. The highest BCUT2D eigenvalue weighted by Gasteiger charge is 2.31. The number of amides is 2. The van der Waals surface area contributed by atoms with Gasteiger partial charge in [0.1, 0.15) is 6.04 Å². The predicted octanol–water partition coefficient (Wildman–Crippen LogP) is -0.546. The standard InChI is InChI=1S/C6H11N2O2P/c1-8-4(5(9)3-11)2-7-6(8)10/h4H,2-3,11H2,1H3,(H,7,10)/t4-/m0/s1. The summed E-state index contributed by atoms with van der Waals surface area (Å²) in [6, 6.07) is -0.429. The minimum atomic E-state index is -0.264. The first-order chi connectivity index (χ1) is 5.16. The van der Waals surface area contributed by atoms with Crippen molar-refractivity contribution in [3.63, 3.8) is 0 Å². The van der Waals surface area contributed by atoms with Crippen LogP contribution >= 0.6 is 9.24 Å². The lowest BCUT2D eigenvalue weighted by atomic mass is 10.2. The zero-order valence-electron chi connectivity index (χ0n) is 6.33. The Morgan fingerprint density at radius 3 is 2.91 bits per heavy atom. The molecule has 11 heavy (non-hydrogen) atoms. The molecule has 1 N–H and O–H groups in total. The Balaban J connectivity index is 2.61. The molecule has 0 aromatic heterocycles. The van der Waals surface area contributed by atoms with Crippen molar-refractivity contribution in [3.05, 3.63) is 0 Å². The second kappa shape index (κ2) is 3.18. The van der Waals surface area contributed by atoms with Crippen LogP contribution in [0.25, 0.3) is 0 Å². The number of likely N-dealkylation sites (N-methyl/N-ethyl adjacent to an activating group) is 1. The van der Waals surface area contributed by atoms with Crippen molar-refractivity contribution in [2.75, 3.05) is 19.8 Å². The van der Waals surface area contributed by atoms with Crippen LogP contribution in [0, 0.1) is 0 Å². The summed E-state index contributed by atoms with van der Waals surface area (Å²) in [6.07, 6.45) is 0.407. The Kier molecular flexibility index (Phi) is 2.45. The molecule has 0 aromatic carbocycles. The number of ketones is 1. The Morgan fingerprint density at radius 2 is 2.55 bits per heavy atom. The molecule has 0 radical (unpaired) electrons. The quantitative estimate of drug-likeness (QED) is 0.571. The summed E-state index contributed by atoms with van der Waals surface area (Å²) < 4.78 is 0. The first-order valence-corrected chi connectivity index (χ1v) is 4.22. The maximum atomic E-state index is 11.1. The van der Waals surface area contributed by atoms with Gasteiger partial charge in [0.15, 0.2) is 5.78 Å². The van der Waals surface area contributed by atoms with Crippen molar-refractivity contribution < 1.29 is 9.59 Å². The number of rotatable bonds is 2. The van der Waals surface area contributed by atoms with E-state index in [0.717, 1.165) is 0 Å². The van der Waals surface area contributed by atoms with Crippen LogP contribution < -0.4 is 5.32 Å². The average Bonchev–Trinajstić information content (AvgIpc) is 2.32. The molecule has 1 unspecified atom stereocenters. The third-order valence-corrected chi connectivity index (χ3v) is 2.21. The molecule has 0 aromatic rings. The number of urea groups is 1. The van der Waals surface area contributed by atoms with Gasteiger partial charge in [-0.1, -0.05) is 0 Å². The maximum absolute atomic E-state index is 11.1. The molecule has 1 saturated heterocycles. The second-order valence-electron chi connectivity index (χ2n) is 2.48. The van der Waals surface area contributed by atoms with Crippen LogP contribution in [0.15, 0.2) is 0 Å². The third-order valence-electron chi connectivity index (χ3n) is 1.81. The van der Waals surface area contributed by atoms with E-state index in [4.69, 9.17) is 0 Å². The fraction of sp³-hybridized carbons (Fsp3) is 0.667. The summed E-state index contributed by atoms with van der Waals surface area (Å²) >= 11 is 0. The summed E-state index contributed by atoms with van der Waals surface area (Å²) in [6.45, 7) is 0.447. The summed E-state index contributed by atoms with van der Waals surface area (Å²) in [5, 5.41) is 2.59. The van der Waals surface area contributed by atoms with Gasteiger partial charge in [0.05, 0.1) is 0 Å². The van der Waals surface area contributed by atoms with E-state index in [0.29, 0.717) is 12.7 Å². The van der Waals surface area contributed by atoms with Crippen LogP contribution in [-0.2, 0) is 4.79 Å². The Bertz CT molecular complexity index is 195. The largest absolute Gasteiger partial charge is 0.335 e.